The molecule has 2 heterocycles. The quantitative estimate of drug-likeness (QED) is 0.852. The highest BCUT2D eigenvalue weighted by Crippen LogP contribution is 2.39. The molecule has 0 spiro atoms. The molecule has 5 heteroatoms. The lowest BCUT2D eigenvalue weighted by molar-refractivity contribution is 0.374. The summed E-state index contributed by atoms with van der Waals surface area (Å²) in [5, 5.41) is 4.07. The average Bonchev–Trinajstić information content (AvgIpc) is 3.02. The van der Waals surface area contributed by atoms with Crippen molar-refractivity contribution in [1.29, 1.82) is 0 Å². The summed E-state index contributed by atoms with van der Waals surface area (Å²) in [4.78, 5) is 6.72. The lowest BCUT2D eigenvalue weighted by Crippen LogP contribution is -2.21. The zero-order valence-electron chi connectivity index (χ0n) is 10.7. The molecular formula is C14H16N4O. The third-order valence-corrected chi connectivity index (χ3v) is 3.86. The number of anilines is 2. The van der Waals surface area contributed by atoms with E-state index < -0.39 is 0 Å². The lowest BCUT2D eigenvalue weighted by atomic mass is 10.1. The van der Waals surface area contributed by atoms with Gasteiger partial charge >= 0.3 is 0 Å². The number of fused-ring (bicyclic) bond motifs is 1. The molecule has 4 rings (SSSR count). The van der Waals surface area contributed by atoms with Gasteiger partial charge in [-0.25, -0.2) is 0 Å². The van der Waals surface area contributed by atoms with Crippen LogP contribution in [0.4, 0.5) is 11.4 Å². The first-order valence-corrected chi connectivity index (χ1v) is 6.76. The number of rotatable bonds is 3. The number of benzene rings is 1. The predicted octanol–water partition coefficient (Wildman–Crippen LogP) is 2.09. The summed E-state index contributed by atoms with van der Waals surface area (Å²) in [6, 6.07) is 6.10. The normalized spacial score (nSPS) is 17.8. The van der Waals surface area contributed by atoms with Gasteiger partial charge in [0.2, 0.25) is 5.89 Å². The van der Waals surface area contributed by atoms with Crippen LogP contribution in [-0.4, -0.2) is 16.7 Å². The largest absolute Gasteiger partial charge is 0.397 e. The lowest BCUT2D eigenvalue weighted by Gasteiger charge is -2.18. The van der Waals surface area contributed by atoms with Crippen LogP contribution in [0.15, 0.2) is 22.7 Å². The third-order valence-electron chi connectivity index (χ3n) is 3.86. The van der Waals surface area contributed by atoms with Crippen LogP contribution in [0.3, 0.4) is 0 Å². The van der Waals surface area contributed by atoms with E-state index in [1.165, 1.54) is 18.4 Å². The molecule has 19 heavy (non-hydrogen) atoms. The highest BCUT2D eigenvalue weighted by molar-refractivity contribution is 5.74. The molecule has 5 nitrogen and oxygen atoms in total. The van der Waals surface area contributed by atoms with E-state index in [9.17, 15) is 0 Å². The molecule has 0 saturated heterocycles. The minimum Gasteiger partial charge on any atom is -0.397 e. The SMILES string of the molecule is Nc1cccc2c1N(Cc1noc(C3CC3)n1)CC2. The van der Waals surface area contributed by atoms with E-state index >= 15 is 0 Å². The van der Waals surface area contributed by atoms with Crippen molar-refractivity contribution in [3.8, 4) is 0 Å². The molecule has 2 aromatic rings. The van der Waals surface area contributed by atoms with Crippen LogP contribution < -0.4 is 10.6 Å². The van der Waals surface area contributed by atoms with Crippen molar-refractivity contribution in [1.82, 2.24) is 10.1 Å². The van der Waals surface area contributed by atoms with E-state index in [-0.39, 0.29) is 0 Å². The Morgan fingerprint density at radius 2 is 2.26 bits per heavy atom. The second-order valence-corrected chi connectivity index (χ2v) is 5.35. The van der Waals surface area contributed by atoms with Crippen molar-refractivity contribution < 1.29 is 4.52 Å². The van der Waals surface area contributed by atoms with Crippen LogP contribution in [0.2, 0.25) is 0 Å². The summed E-state index contributed by atoms with van der Waals surface area (Å²) in [5.41, 5.74) is 9.36. The van der Waals surface area contributed by atoms with Gasteiger partial charge in [0.25, 0.3) is 0 Å². The molecule has 0 unspecified atom stereocenters. The van der Waals surface area contributed by atoms with Crippen molar-refractivity contribution in [2.75, 3.05) is 17.2 Å². The third kappa shape index (κ3) is 1.85. The molecule has 0 radical (unpaired) electrons. The number of nitrogens with two attached hydrogens (primary N) is 1. The van der Waals surface area contributed by atoms with Crippen LogP contribution in [0.5, 0.6) is 0 Å². The molecule has 1 fully saturated rings. The monoisotopic (exact) mass is 256 g/mol. The first-order chi connectivity index (χ1) is 9.31. The predicted molar refractivity (Wildman–Crippen MR) is 71.9 cm³/mol. The minimum atomic E-state index is 0.511. The Balaban J connectivity index is 1.58. The van der Waals surface area contributed by atoms with Crippen LogP contribution in [0, 0.1) is 0 Å². The van der Waals surface area contributed by atoms with Crippen molar-refractivity contribution in [2.45, 2.75) is 31.7 Å². The Morgan fingerprint density at radius 3 is 3.11 bits per heavy atom. The Hall–Kier alpha value is -2.04. The topological polar surface area (TPSA) is 68.2 Å². The van der Waals surface area contributed by atoms with Crippen molar-refractivity contribution >= 4 is 11.4 Å². The van der Waals surface area contributed by atoms with E-state index in [0.717, 1.165) is 36.1 Å². The van der Waals surface area contributed by atoms with Gasteiger partial charge in [0.05, 0.1) is 17.9 Å². The molecule has 1 aliphatic heterocycles. The number of hydrogen-bond donors (Lipinski definition) is 1. The molecule has 1 aromatic heterocycles. The molecule has 1 aromatic carbocycles. The highest BCUT2D eigenvalue weighted by Gasteiger charge is 2.30. The van der Waals surface area contributed by atoms with Gasteiger partial charge in [0.15, 0.2) is 5.82 Å². The molecule has 0 bridgehead atoms. The molecular weight excluding hydrogens is 240 g/mol. The van der Waals surface area contributed by atoms with Gasteiger partial charge in [-0.1, -0.05) is 17.3 Å². The van der Waals surface area contributed by atoms with Crippen LogP contribution in [0.25, 0.3) is 0 Å². The molecule has 0 amide bonds. The second-order valence-electron chi connectivity index (χ2n) is 5.35. The van der Waals surface area contributed by atoms with E-state index in [4.69, 9.17) is 10.3 Å². The molecule has 98 valence electrons. The van der Waals surface area contributed by atoms with Crippen LogP contribution in [-0.2, 0) is 13.0 Å². The summed E-state index contributed by atoms with van der Waals surface area (Å²) in [6.07, 6.45) is 3.40. The van der Waals surface area contributed by atoms with Gasteiger partial charge in [-0.15, -0.1) is 0 Å². The average molecular weight is 256 g/mol. The standard InChI is InChI=1S/C14H16N4O/c15-11-3-1-2-9-6-7-18(13(9)11)8-12-16-14(19-17-12)10-4-5-10/h1-3,10H,4-8,15H2. The first-order valence-electron chi connectivity index (χ1n) is 6.76. The zero-order chi connectivity index (χ0) is 12.8. The maximum Gasteiger partial charge on any atom is 0.229 e. The molecule has 1 saturated carbocycles. The van der Waals surface area contributed by atoms with E-state index in [0.29, 0.717) is 12.5 Å². The zero-order valence-corrected chi connectivity index (χ0v) is 10.7. The maximum atomic E-state index is 6.07. The fourth-order valence-electron chi connectivity index (χ4n) is 2.72. The maximum absolute atomic E-state index is 6.07. The fraction of sp³-hybridized carbons (Fsp3) is 0.429. The smallest absolute Gasteiger partial charge is 0.229 e. The van der Waals surface area contributed by atoms with E-state index in [2.05, 4.69) is 21.1 Å². The summed E-state index contributed by atoms with van der Waals surface area (Å²) in [7, 11) is 0. The molecule has 1 aliphatic carbocycles. The Morgan fingerprint density at radius 1 is 1.37 bits per heavy atom. The Kier molecular flexibility index (Phi) is 2.27. The highest BCUT2D eigenvalue weighted by atomic mass is 16.5. The van der Waals surface area contributed by atoms with Crippen LogP contribution >= 0.6 is 0 Å². The van der Waals surface area contributed by atoms with Crippen molar-refractivity contribution in [3.63, 3.8) is 0 Å². The fourth-order valence-corrected chi connectivity index (χ4v) is 2.72. The van der Waals surface area contributed by atoms with E-state index in [1.54, 1.807) is 0 Å². The number of nitrogen functional groups attached to an aromatic ring is 1. The van der Waals surface area contributed by atoms with Gasteiger partial charge < -0.3 is 15.2 Å². The summed E-state index contributed by atoms with van der Waals surface area (Å²) >= 11 is 0. The molecule has 0 atom stereocenters. The van der Waals surface area contributed by atoms with Gasteiger partial charge in [0, 0.05) is 12.5 Å². The van der Waals surface area contributed by atoms with Gasteiger partial charge in [0.1, 0.15) is 0 Å². The van der Waals surface area contributed by atoms with Gasteiger partial charge in [-0.2, -0.15) is 4.98 Å². The Labute approximate surface area is 111 Å². The number of aromatic nitrogens is 2. The Bertz CT molecular complexity index is 618. The summed E-state index contributed by atoms with van der Waals surface area (Å²) in [5.74, 6) is 2.07. The number of hydrogen-bond acceptors (Lipinski definition) is 5. The molecule has 2 N–H and O–H groups in total. The van der Waals surface area contributed by atoms with E-state index in [1.807, 2.05) is 12.1 Å². The van der Waals surface area contributed by atoms with Crippen LogP contribution in [0.1, 0.15) is 36.0 Å². The number of para-hydroxylation sites is 1. The van der Waals surface area contributed by atoms with Gasteiger partial charge in [-0.3, -0.25) is 0 Å². The summed E-state index contributed by atoms with van der Waals surface area (Å²) in [6.45, 7) is 1.65. The minimum absolute atomic E-state index is 0.511. The summed E-state index contributed by atoms with van der Waals surface area (Å²) < 4.78 is 5.30. The number of nitrogens with zero attached hydrogens (tertiary/aromatic N) is 3. The second kappa shape index (κ2) is 3.98. The first kappa shape index (κ1) is 10.8. The molecule has 2 aliphatic rings. The van der Waals surface area contributed by atoms with Gasteiger partial charge in [-0.05, 0) is 30.9 Å². The van der Waals surface area contributed by atoms with Crippen molar-refractivity contribution in [3.05, 3.63) is 35.5 Å². The van der Waals surface area contributed by atoms with Crippen molar-refractivity contribution in [2.24, 2.45) is 0 Å².